The summed E-state index contributed by atoms with van der Waals surface area (Å²) in [6, 6.07) is 7.09. The lowest BCUT2D eigenvalue weighted by Gasteiger charge is -2.31. The van der Waals surface area contributed by atoms with Crippen LogP contribution in [0.3, 0.4) is 0 Å². The van der Waals surface area contributed by atoms with E-state index in [1.807, 2.05) is 6.07 Å². The fourth-order valence-corrected chi connectivity index (χ4v) is 1.99. The third kappa shape index (κ3) is 3.09. The second-order valence-electron chi connectivity index (χ2n) is 4.68. The second kappa shape index (κ2) is 5.50. The lowest BCUT2D eigenvalue weighted by Crippen LogP contribution is -2.41. The number of carbonyl (C=O) groups is 1. The lowest BCUT2D eigenvalue weighted by atomic mass is 9.95. The highest BCUT2D eigenvalue weighted by atomic mass is 16.5. The van der Waals surface area contributed by atoms with Gasteiger partial charge < -0.3 is 14.6 Å². The van der Waals surface area contributed by atoms with Crippen molar-refractivity contribution >= 4 is 5.78 Å². The smallest absolute Gasteiger partial charge is 0.163 e. The highest BCUT2D eigenvalue weighted by molar-refractivity contribution is 5.96. The van der Waals surface area contributed by atoms with Gasteiger partial charge in [-0.05, 0) is 19.1 Å². The molecule has 4 heteroatoms. The third-order valence-corrected chi connectivity index (χ3v) is 3.19. The molecule has 2 rings (SSSR count). The van der Waals surface area contributed by atoms with Crippen molar-refractivity contribution in [2.75, 3.05) is 19.8 Å². The maximum atomic E-state index is 11.4. The van der Waals surface area contributed by atoms with Gasteiger partial charge in [-0.25, -0.2) is 0 Å². The van der Waals surface area contributed by atoms with Crippen molar-refractivity contribution < 1.29 is 19.4 Å². The summed E-state index contributed by atoms with van der Waals surface area (Å²) in [4.78, 5) is 11.4. The van der Waals surface area contributed by atoms with Crippen LogP contribution in [0.15, 0.2) is 24.3 Å². The van der Waals surface area contributed by atoms with E-state index in [1.165, 1.54) is 6.92 Å². The summed E-state index contributed by atoms with van der Waals surface area (Å²) in [7, 11) is 0. The number of para-hydroxylation sites is 1. The van der Waals surface area contributed by atoms with Gasteiger partial charge in [0.1, 0.15) is 18.0 Å². The Hall–Kier alpha value is -1.39. The van der Waals surface area contributed by atoms with Crippen molar-refractivity contribution in [3.8, 4) is 5.75 Å². The van der Waals surface area contributed by atoms with Crippen LogP contribution in [0.1, 0.15) is 30.1 Å². The van der Waals surface area contributed by atoms with E-state index in [2.05, 4.69) is 0 Å². The molecule has 1 N–H and O–H groups in total. The first-order chi connectivity index (χ1) is 8.61. The van der Waals surface area contributed by atoms with E-state index >= 15 is 0 Å². The summed E-state index contributed by atoms with van der Waals surface area (Å²) >= 11 is 0. The first-order valence-electron chi connectivity index (χ1n) is 6.14. The molecule has 18 heavy (non-hydrogen) atoms. The molecule has 0 atom stereocenters. The van der Waals surface area contributed by atoms with Crippen molar-refractivity contribution in [3.63, 3.8) is 0 Å². The molecule has 1 saturated heterocycles. The molecule has 1 aliphatic heterocycles. The van der Waals surface area contributed by atoms with E-state index in [0.717, 1.165) is 0 Å². The van der Waals surface area contributed by atoms with E-state index in [1.54, 1.807) is 18.2 Å². The van der Waals surface area contributed by atoms with Gasteiger partial charge >= 0.3 is 0 Å². The summed E-state index contributed by atoms with van der Waals surface area (Å²) < 4.78 is 10.8. The average Bonchev–Trinajstić information content (AvgIpc) is 2.38. The molecule has 4 nitrogen and oxygen atoms in total. The average molecular weight is 250 g/mol. The standard InChI is InChI=1S/C14H18O4/c1-11(15)12-4-2-3-5-13(12)18-10-14(16)6-8-17-9-7-14/h2-5,16H,6-10H2,1H3. The molecular weight excluding hydrogens is 232 g/mol. The molecule has 1 aromatic carbocycles. The van der Waals surface area contributed by atoms with Crippen molar-refractivity contribution in [3.05, 3.63) is 29.8 Å². The van der Waals surface area contributed by atoms with Crippen LogP contribution in [-0.4, -0.2) is 36.3 Å². The number of carbonyl (C=O) groups excluding carboxylic acids is 1. The number of ether oxygens (including phenoxy) is 2. The molecule has 1 heterocycles. The Balaban J connectivity index is 2.03. The van der Waals surface area contributed by atoms with Crippen LogP contribution in [0, 0.1) is 0 Å². The molecule has 0 spiro atoms. The SMILES string of the molecule is CC(=O)c1ccccc1OCC1(O)CCOCC1. The maximum absolute atomic E-state index is 11.4. The van der Waals surface area contributed by atoms with Crippen molar-refractivity contribution in [2.45, 2.75) is 25.4 Å². The predicted molar refractivity (Wildman–Crippen MR) is 66.9 cm³/mol. The van der Waals surface area contributed by atoms with Crippen molar-refractivity contribution in [1.82, 2.24) is 0 Å². The summed E-state index contributed by atoms with van der Waals surface area (Å²) in [5.41, 5.74) is -0.296. The summed E-state index contributed by atoms with van der Waals surface area (Å²) in [6.07, 6.45) is 1.13. The first-order valence-corrected chi connectivity index (χ1v) is 6.14. The number of ketones is 1. The molecular formula is C14H18O4. The number of hydrogen-bond donors (Lipinski definition) is 1. The van der Waals surface area contributed by atoms with Gasteiger partial charge in [0.15, 0.2) is 5.78 Å². The summed E-state index contributed by atoms with van der Waals surface area (Å²) in [5, 5.41) is 10.3. The highest BCUT2D eigenvalue weighted by Crippen LogP contribution is 2.24. The van der Waals surface area contributed by atoms with Gasteiger partial charge in [0.25, 0.3) is 0 Å². The van der Waals surface area contributed by atoms with Gasteiger partial charge in [-0.1, -0.05) is 12.1 Å². The molecule has 0 radical (unpaired) electrons. The zero-order valence-electron chi connectivity index (χ0n) is 10.5. The topological polar surface area (TPSA) is 55.8 Å². The Morgan fingerprint density at radius 1 is 1.39 bits per heavy atom. The number of aliphatic hydroxyl groups is 1. The van der Waals surface area contributed by atoms with Crippen LogP contribution in [0.25, 0.3) is 0 Å². The molecule has 98 valence electrons. The molecule has 1 aromatic rings. The Morgan fingerprint density at radius 3 is 2.72 bits per heavy atom. The Morgan fingerprint density at radius 2 is 2.06 bits per heavy atom. The van der Waals surface area contributed by atoms with Crippen LogP contribution < -0.4 is 4.74 Å². The molecule has 1 aliphatic rings. The fourth-order valence-electron chi connectivity index (χ4n) is 1.99. The van der Waals surface area contributed by atoms with Crippen LogP contribution in [0.5, 0.6) is 5.75 Å². The van der Waals surface area contributed by atoms with E-state index in [0.29, 0.717) is 37.4 Å². The van der Waals surface area contributed by atoms with Gasteiger partial charge in [0, 0.05) is 26.1 Å². The number of Topliss-reactive ketones (excluding diaryl/α,β-unsaturated/α-hetero) is 1. The fraction of sp³-hybridized carbons (Fsp3) is 0.500. The Labute approximate surface area is 107 Å². The summed E-state index contributed by atoms with van der Waals surface area (Å²) in [6.45, 7) is 2.80. The van der Waals surface area contributed by atoms with Gasteiger partial charge in [-0.3, -0.25) is 4.79 Å². The van der Waals surface area contributed by atoms with Gasteiger partial charge in [0.2, 0.25) is 0 Å². The Bertz CT molecular complexity index is 422. The minimum Gasteiger partial charge on any atom is -0.490 e. The summed E-state index contributed by atoms with van der Waals surface area (Å²) in [5.74, 6) is 0.495. The molecule has 0 amide bonds. The number of benzene rings is 1. The molecule has 1 fully saturated rings. The molecule has 0 bridgehead atoms. The number of hydrogen-bond acceptors (Lipinski definition) is 4. The quantitative estimate of drug-likeness (QED) is 0.828. The van der Waals surface area contributed by atoms with Crippen LogP contribution in [0.4, 0.5) is 0 Å². The minimum atomic E-state index is -0.845. The van der Waals surface area contributed by atoms with Crippen molar-refractivity contribution in [2.24, 2.45) is 0 Å². The van der Waals surface area contributed by atoms with Gasteiger partial charge in [-0.2, -0.15) is 0 Å². The van der Waals surface area contributed by atoms with Crippen molar-refractivity contribution in [1.29, 1.82) is 0 Å². The van der Waals surface area contributed by atoms with Gasteiger partial charge in [0.05, 0.1) is 5.56 Å². The largest absolute Gasteiger partial charge is 0.490 e. The zero-order valence-corrected chi connectivity index (χ0v) is 10.5. The van der Waals surface area contributed by atoms with Crippen LogP contribution in [0.2, 0.25) is 0 Å². The van der Waals surface area contributed by atoms with Gasteiger partial charge in [-0.15, -0.1) is 0 Å². The van der Waals surface area contributed by atoms with E-state index < -0.39 is 5.60 Å². The lowest BCUT2D eigenvalue weighted by molar-refractivity contribution is -0.0856. The Kier molecular flexibility index (Phi) is 3.99. The highest BCUT2D eigenvalue weighted by Gasteiger charge is 2.31. The van der Waals surface area contributed by atoms with E-state index in [4.69, 9.17) is 9.47 Å². The molecule has 0 aromatic heterocycles. The minimum absolute atomic E-state index is 0.0374. The normalized spacial score (nSPS) is 18.3. The zero-order chi connectivity index (χ0) is 13.0. The first kappa shape index (κ1) is 13.1. The monoisotopic (exact) mass is 250 g/mol. The van der Waals surface area contributed by atoms with Crippen LogP contribution >= 0.6 is 0 Å². The molecule has 0 aliphatic carbocycles. The predicted octanol–water partition coefficient (Wildman–Crippen LogP) is 1.81. The maximum Gasteiger partial charge on any atom is 0.163 e. The second-order valence-corrected chi connectivity index (χ2v) is 4.68. The van der Waals surface area contributed by atoms with E-state index in [9.17, 15) is 9.90 Å². The van der Waals surface area contributed by atoms with Crippen LogP contribution in [-0.2, 0) is 4.74 Å². The third-order valence-electron chi connectivity index (χ3n) is 3.19. The molecule has 0 saturated carbocycles. The van der Waals surface area contributed by atoms with E-state index in [-0.39, 0.29) is 12.4 Å². The molecule has 0 unspecified atom stereocenters. The number of rotatable bonds is 4.